The number of hydrogen-bond donors (Lipinski definition) is 6. The third-order valence-corrected chi connectivity index (χ3v) is 19.5. The largest absolute Gasteiger partial charge is 0.494 e. The van der Waals surface area contributed by atoms with Gasteiger partial charge >= 0.3 is 0 Å². The Bertz CT molecular complexity index is 4450. The van der Waals surface area contributed by atoms with Crippen molar-refractivity contribution in [2.45, 2.75) is 91.1 Å². The molecule has 113 heavy (non-hydrogen) atoms. The predicted octanol–water partition coefficient (Wildman–Crippen LogP) is 10.5. The standard InChI is InChI=1S/C86H105N7O20/c1-56(2)82(72(87)48-67(94)23-28-104-30-32-106-34-36-108-38-40-110-42-43-111-41-39-109-37-35-107-33-31-105-29-24-88-80(96)22-25-93-81(97)51-69(86(93)101)60-12-9-7-6-8-10-13-60)85(100)91-57(3)84(99)92-66-19-16-59(17-20-66)62-45-63-47-75(95)70-49-76(102-4)78(52-73(70)89-54-64(63)46-62)112-26-11-27-113-79-53-74-71(50-77(79)103-5)83(98)68-21-18-61(58-14-15-58)44-65(68)55-90-74/h6-10,12-13,16-20,45,47,49-58,64,82,87,97,101H,11,14-15,21-44,46,48H2,1-5H3,(H,88,96)(H,91,100)(H,92,99)/b7-6-,8-6?,9-7?,10-8-,12-9-,13-10?,60-12?,60-13+,63-47?,87-72?,89-54?. The Morgan fingerprint density at radius 2 is 1.27 bits per heavy atom. The van der Waals surface area contributed by atoms with Crippen molar-refractivity contribution in [3.63, 3.8) is 0 Å². The molecular weight excluding hydrogens is 1450 g/mol. The molecule has 0 spiro atoms. The highest BCUT2D eigenvalue weighted by molar-refractivity contribution is 6.12. The number of aliphatic imine (C=N–C) groups is 1. The fourth-order valence-electron chi connectivity index (χ4n) is 13.2. The number of anilines is 1. The molecule has 1 fully saturated rings. The number of aromatic nitrogens is 2. The van der Waals surface area contributed by atoms with Gasteiger partial charge in [0.25, 0.3) is 0 Å². The first-order chi connectivity index (χ1) is 55.0. The van der Waals surface area contributed by atoms with E-state index >= 15 is 0 Å². The third kappa shape index (κ3) is 25.6. The quantitative estimate of drug-likeness (QED) is 0.0120. The van der Waals surface area contributed by atoms with E-state index in [4.69, 9.17) is 72.2 Å². The molecule has 10 rings (SSSR count). The lowest BCUT2D eigenvalue weighted by Crippen LogP contribution is -2.47. The SMILES string of the molecule is COc1cc2c(cc1OCCCOc1cc3ncc4c(c(=O)c3cc1OC)CC=C(C1CC1)C4)N=CC1CC(c3ccc(NC(=O)C(C)NC(=O)C(C(=N)CC(=O)CCOCCOCCOCCOCCOCCOCCOCCOCCNC(=O)CCn4c(O)cc(C5=C/C=C\C=C/C=C\5)c4O)C(C)C)cc3)=CC1=CC2=O. The lowest BCUT2D eigenvalue weighted by molar-refractivity contribution is -0.128. The predicted molar refractivity (Wildman–Crippen MR) is 428 cm³/mol. The van der Waals surface area contributed by atoms with E-state index in [1.165, 1.54) is 36.2 Å². The van der Waals surface area contributed by atoms with Crippen LogP contribution < -0.4 is 40.3 Å². The van der Waals surface area contributed by atoms with Crippen LogP contribution in [0.1, 0.15) is 98.3 Å². The van der Waals surface area contributed by atoms with Crippen molar-refractivity contribution in [2.24, 2.45) is 28.7 Å². The Hall–Kier alpha value is -10.2. The number of methoxy groups -OCH3 is 2. The maximum Gasteiger partial charge on any atom is 0.246 e. The number of allylic oxidation sites excluding steroid dienone is 14. The number of aromatic hydroxyl groups is 2. The summed E-state index contributed by atoms with van der Waals surface area (Å²) in [5.74, 6) is -1.05. The summed E-state index contributed by atoms with van der Waals surface area (Å²) in [6.45, 7) is 11.7. The number of amides is 3. The summed E-state index contributed by atoms with van der Waals surface area (Å²) in [5, 5.41) is 38.7. The number of nitrogens with one attached hydrogen (secondary N) is 4. The van der Waals surface area contributed by atoms with E-state index in [2.05, 4.69) is 22.0 Å². The molecule has 3 amide bonds. The molecule has 3 heterocycles. The number of Topliss-reactive ketones (excluding diaryl/α,β-unsaturated/α-hetero) is 1. The van der Waals surface area contributed by atoms with Crippen molar-refractivity contribution < 1.29 is 91.0 Å². The Morgan fingerprint density at radius 1 is 0.664 bits per heavy atom. The van der Waals surface area contributed by atoms with Gasteiger partial charge in [0.2, 0.25) is 23.6 Å². The Kier molecular flexibility index (Phi) is 33.4. The topological polar surface area (TPSA) is 344 Å². The Labute approximate surface area is 658 Å². The Morgan fingerprint density at radius 3 is 1.91 bits per heavy atom. The molecule has 4 aliphatic carbocycles. The van der Waals surface area contributed by atoms with Crippen molar-refractivity contribution in [3.05, 3.63) is 171 Å². The number of nitrogens with zero attached hydrogens (tertiary/aromatic N) is 3. The number of benzene rings is 3. The van der Waals surface area contributed by atoms with Gasteiger partial charge in [-0.05, 0) is 109 Å². The average Bonchev–Trinajstić information content (AvgIpc) is 1.73. The van der Waals surface area contributed by atoms with Crippen molar-refractivity contribution in [1.82, 2.24) is 20.2 Å². The molecule has 6 N–H and O–H groups in total. The number of hydrogen-bond acceptors (Lipinski definition) is 23. The maximum absolute atomic E-state index is 13.9. The highest BCUT2D eigenvalue weighted by Crippen LogP contribution is 2.43. The molecule has 5 aliphatic rings. The van der Waals surface area contributed by atoms with Gasteiger partial charge < -0.3 is 88.4 Å². The van der Waals surface area contributed by atoms with Crippen LogP contribution in [0.25, 0.3) is 22.0 Å². The van der Waals surface area contributed by atoms with Gasteiger partial charge in [0, 0.05) is 97.8 Å². The van der Waals surface area contributed by atoms with Gasteiger partial charge in [-0.1, -0.05) is 86.2 Å². The molecule has 2 aromatic heterocycles. The molecule has 5 aromatic rings. The molecule has 0 bridgehead atoms. The van der Waals surface area contributed by atoms with Crippen molar-refractivity contribution >= 4 is 74.6 Å². The lowest BCUT2D eigenvalue weighted by atomic mass is 9.87. The van der Waals surface area contributed by atoms with Gasteiger partial charge in [-0.25, -0.2) is 0 Å². The minimum Gasteiger partial charge on any atom is -0.494 e. The molecular formula is C86H105N7O20. The molecule has 1 saturated carbocycles. The fraction of sp³-hybridized carbons (Fsp3) is 0.453. The van der Waals surface area contributed by atoms with E-state index in [-0.39, 0.29) is 104 Å². The van der Waals surface area contributed by atoms with Gasteiger partial charge in [-0.2, -0.15) is 0 Å². The second kappa shape index (κ2) is 44.3. The van der Waals surface area contributed by atoms with Crippen LogP contribution in [0.4, 0.5) is 11.4 Å². The summed E-state index contributed by atoms with van der Waals surface area (Å²) in [6.07, 6.45) is 27.2. The highest BCUT2D eigenvalue weighted by atomic mass is 16.6. The van der Waals surface area contributed by atoms with Crippen LogP contribution in [0.15, 0.2) is 142 Å². The van der Waals surface area contributed by atoms with Crippen LogP contribution in [0, 0.1) is 29.1 Å². The molecule has 3 unspecified atom stereocenters. The van der Waals surface area contributed by atoms with Crippen LogP contribution in [-0.2, 0) is 76.5 Å². The first-order valence-corrected chi connectivity index (χ1v) is 38.7. The van der Waals surface area contributed by atoms with Gasteiger partial charge in [0.15, 0.2) is 40.1 Å². The summed E-state index contributed by atoms with van der Waals surface area (Å²) in [7, 11) is 3.06. The zero-order chi connectivity index (χ0) is 79.9. The average molecular weight is 1560 g/mol. The normalized spacial score (nSPS) is 16.8. The number of fused-ring (bicyclic) bond motifs is 4. The summed E-state index contributed by atoms with van der Waals surface area (Å²) in [4.78, 5) is 89.5. The van der Waals surface area contributed by atoms with Crippen molar-refractivity contribution in [3.8, 4) is 34.8 Å². The lowest BCUT2D eigenvalue weighted by Gasteiger charge is -2.23. The molecule has 0 saturated heterocycles. The van der Waals surface area contributed by atoms with Crippen LogP contribution in [-0.4, -0.2) is 207 Å². The molecule has 604 valence electrons. The van der Waals surface area contributed by atoms with Gasteiger partial charge in [-0.15, -0.1) is 0 Å². The van der Waals surface area contributed by atoms with E-state index in [9.17, 15) is 39.0 Å². The molecule has 27 nitrogen and oxygen atoms in total. The van der Waals surface area contributed by atoms with E-state index in [0.29, 0.717) is 181 Å². The van der Waals surface area contributed by atoms with E-state index in [0.717, 1.165) is 39.8 Å². The zero-order valence-corrected chi connectivity index (χ0v) is 65.1. The number of ketones is 2. The smallest absolute Gasteiger partial charge is 0.246 e. The summed E-state index contributed by atoms with van der Waals surface area (Å²) >= 11 is 0. The second-order valence-electron chi connectivity index (χ2n) is 28.0. The summed E-state index contributed by atoms with van der Waals surface area (Å²) in [6, 6.07) is 14.6. The summed E-state index contributed by atoms with van der Waals surface area (Å²) in [5.41, 5.74) is 8.81. The van der Waals surface area contributed by atoms with E-state index in [1.54, 1.807) is 70.4 Å². The first-order valence-electron chi connectivity index (χ1n) is 38.7. The molecule has 0 radical (unpaired) electrons. The van der Waals surface area contributed by atoms with Gasteiger partial charge in [0.1, 0.15) is 11.8 Å². The van der Waals surface area contributed by atoms with Crippen molar-refractivity contribution in [2.75, 3.05) is 145 Å². The summed E-state index contributed by atoms with van der Waals surface area (Å²) < 4.78 is 69.5. The van der Waals surface area contributed by atoms with Gasteiger partial charge in [-0.3, -0.25) is 43.3 Å². The van der Waals surface area contributed by atoms with Crippen molar-refractivity contribution in [1.29, 1.82) is 5.41 Å². The maximum atomic E-state index is 13.9. The minimum absolute atomic E-state index is 0.0354. The Balaban J connectivity index is 0.518. The fourth-order valence-corrected chi connectivity index (χ4v) is 13.2. The molecule has 27 heteroatoms. The van der Waals surface area contributed by atoms with Crippen LogP contribution in [0.5, 0.6) is 34.8 Å². The van der Waals surface area contributed by atoms with Crippen LogP contribution in [0.3, 0.4) is 0 Å². The molecule has 3 aromatic carbocycles. The number of carbonyl (C=O) groups excluding carboxylic acids is 5. The molecule has 1 aliphatic heterocycles. The first kappa shape index (κ1) is 85.2. The highest BCUT2D eigenvalue weighted by Gasteiger charge is 2.32. The van der Waals surface area contributed by atoms with Gasteiger partial charge in [0.05, 0.1) is 161 Å². The molecule has 3 atom stereocenters. The van der Waals surface area contributed by atoms with Crippen LogP contribution >= 0.6 is 0 Å². The monoisotopic (exact) mass is 1560 g/mol. The number of ether oxygens (including phenoxy) is 12. The number of carbonyl (C=O) groups is 5. The van der Waals surface area contributed by atoms with E-state index < -0.39 is 23.8 Å². The third-order valence-electron chi connectivity index (χ3n) is 19.5. The number of rotatable bonds is 49. The minimum atomic E-state index is -0.963. The van der Waals surface area contributed by atoms with Crippen LogP contribution in [0.2, 0.25) is 0 Å². The van der Waals surface area contributed by atoms with E-state index in [1.807, 2.05) is 73.2 Å². The second-order valence-corrected chi connectivity index (χ2v) is 28.0. The zero-order valence-electron chi connectivity index (χ0n) is 65.1.